The lowest BCUT2D eigenvalue weighted by molar-refractivity contribution is 0.208. The van der Waals surface area contributed by atoms with E-state index in [1.54, 1.807) is 17.5 Å². The van der Waals surface area contributed by atoms with Crippen molar-refractivity contribution in [3.05, 3.63) is 53.7 Å². The molecule has 28 heavy (non-hydrogen) atoms. The Morgan fingerprint density at radius 2 is 2.00 bits per heavy atom. The molecule has 4 rings (SSSR count). The van der Waals surface area contributed by atoms with E-state index in [9.17, 15) is 4.79 Å². The third kappa shape index (κ3) is 4.10. The highest BCUT2D eigenvalue weighted by molar-refractivity contribution is 7.17. The summed E-state index contributed by atoms with van der Waals surface area (Å²) in [6, 6.07) is 10.6. The van der Waals surface area contributed by atoms with Crippen molar-refractivity contribution >= 4 is 38.8 Å². The molecule has 3 aromatic rings. The topological polar surface area (TPSA) is 51.7 Å². The van der Waals surface area contributed by atoms with Crippen LogP contribution in [0.15, 0.2) is 48.1 Å². The standard InChI is InChI=1S/C21H25N5OS/c1-24(2)15-16-12-17(14-22-13-16)23-21(27)26-9-7-25(8-10-26)19-4-3-5-20-18(19)6-11-28-20/h3-6,11-14H,7-10,15H2,1-2H3,(H,23,27). The predicted octanol–water partition coefficient (Wildman–Crippen LogP) is 3.71. The summed E-state index contributed by atoms with van der Waals surface area (Å²) in [5.74, 6) is 0. The van der Waals surface area contributed by atoms with Crippen molar-refractivity contribution in [3.8, 4) is 0 Å². The first kappa shape index (κ1) is 18.7. The van der Waals surface area contributed by atoms with Crippen LogP contribution in [0.25, 0.3) is 10.1 Å². The second-order valence-electron chi connectivity index (χ2n) is 7.33. The van der Waals surface area contributed by atoms with Gasteiger partial charge < -0.3 is 20.0 Å². The monoisotopic (exact) mass is 395 g/mol. The minimum atomic E-state index is -0.0582. The van der Waals surface area contributed by atoms with Crippen LogP contribution in [0.2, 0.25) is 0 Å². The first-order valence-corrected chi connectivity index (χ1v) is 10.3. The van der Waals surface area contributed by atoms with Crippen LogP contribution in [0.1, 0.15) is 5.56 Å². The van der Waals surface area contributed by atoms with Crippen molar-refractivity contribution in [2.45, 2.75) is 6.54 Å². The van der Waals surface area contributed by atoms with Gasteiger partial charge in [-0.1, -0.05) is 6.07 Å². The Labute approximate surface area is 169 Å². The van der Waals surface area contributed by atoms with Crippen molar-refractivity contribution in [1.29, 1.82) is 0 Å². The molecule has 1 aliphatic rings. The van der Waals surface area contributed by atoms with Gasteiger partial charge in [0.15, 0.2) is 0 Å². The van der Waals surface area contributed by atoms with Crippen LogP contribution in [-0.2, 0) is 6.54 Å². The quantitative estimate of drug-likeness (QED) is 0.732. The number of piperazine rings is 1. The smallest absolute Gasteiger partial charge is 0.322 e. The molecular weight excluding hydrogens is 370 g/mol. The maximum absolute atomic E-state index is 12.7. The van der Waals surface area contributed by atoms with Crippen LogP contribution in [0.5, 0.6) is 0 Å². The van der Waals surface area contributed by atoms with Gasteiger partial charge in [-0.05, 0) is 49.3 Å². The van der Waals surface area contributed by atoms with E-state index >= 15 is 0 Å². The minimum absolute atomic E-state index is 0.0582. The molecule has 1 N–H and O–H groups in total. The van der Waals surface area contributed by atoms with Gasteiger partial charge in [-0.2, -0.15) is 0 Å². The van der Waals surface area contributed by atoms with E-state index in [2.05, 4.69) is 49.7 Å². The molecule has 0 unspecified atom stereocenters. The van der Waals surface area contributed by atoms with E-state index in [4.69, 9.17) is 0 Å². The van der Waals surface area contributed by atoms with E-state index in [1.807, 2.05) is 31.3 Å². The zero-order chi connectivity index (χ0) is 19.5. The Bertz CT molecular complexity index is 962. The summed E-state index contributed by atoms with van der Waals surface area (Å²) < 4.78 is 1.31. The van der Waals surface area contributed by atoms with Gasteiger partial charge in [0.2, 0.25) is 0 Å². The molecule has 0 saturated carbocycles. The van der Waals surface area contributed by atoms with Gasteiger partial charge in [0, 0.05) is 54.7 Å². The van der Waals surface area contributed by atoms with Gasteiger partial charge in [-0.3, -0.25) is 4.98 Å². The number of fused-ring (bicyclic) bond motifs is 1. The lowest BCUT2D eigenvalue weighted by atomic mass is 10.2. The van der Waals surface area contributed by atoms with Gasteiger partial charge in [0.05, 0.1) is 11.9 Å². The fraction of sp³-hybridized carbons (Fsp3) is 0.333. The molecule has 0 radical (unpaired) electrons. The molecule has 0 bridgehead atoms. The molecule has 2 amide bonds. The number of aromatic nitrogens is 1. The molecule has 1 aromatic carbocycles. The van der Waals surface area contributed by atoms with E-state index in [0.29, 0.717) is 13.1 Å². The SMILES string of the molecule is CN(C)Cc1cncc(NC(=O)N2CCN(c3cccc4sccc34)CC2)c1. The number of nitrogens with zero attached hydrogens (tertiary/aromatic N) is 4. The van der Waals surface area contributed by atoms with Crippen molar-refractivity contribution in [3.63, 3.8) is 0 Å². The Morgan fingerprint density at radius 1 is 1.18 bits per heavy atom. The number of hydrogen-bond donors (Lipinski definition) is 1. The average molecular weight is 396 g/mol. The van der Waals surface area contributed by atoms with Crippen LogP contribution in [0.4, 0.5) is 16.2 Å². The number of pyridine rings is 1. The molecule has 0 aliphatic carbocycles. The number of urea groups is 1. The molecule has 3 heterocycles. The molecule has 6 nitrogen and oxygen atoms in total. The molecule has 1 fully saturated rings. The summed E-state index contributed by atoms with van der Waals surface area (Å²) in [7, 11) is 4.03. The maximum atomic E-state index is 12.7. The highest BCUT2D eigenvalue weighted by Crippen LogP contribution is 2.31. The zero-order valence-electron chi connectivity index (χ0n) is 16.3. The summed E-state index contributed by atoms with van der Waals surface area (Å²) in [4.78, 5) is 23.2. The van der Waals surface area contributed by atoms with Crippen LogP contribution < -0.4 is 10.2 Å². The van der Waals surface area contributed by atoms with E-state index < -0.39 is 0 Å². The number of hydrogen-bond acceptors (Lipinski definition) is 5. The van der Waals surface area contributed by atoms with E-state index in [-0.39, 0.29) is 6.03 Å². The van der Waals surface area contributed by atoms with Crippen molar-refractivity contribution < 1.29 is 4.79 Å². The number of nitrogens with one attached hydrogen (secondary N) is 1. The van der Waals surface area contributed by atoms with Crippen molar-refractivity contribution in [2.24, 2.45) is 0 Å². The first-order valence-electron chi connectivity index (χ1n) is 9.46. The van der Waals surface area contributed by atoms with Gasteiger partial charge in [-0.15, -0.1) is 11.3 Å². The number of anilines is 2. The summed E-state index contributed by atoms with van der Waals surface area (Å²) in [5.41, 5.74) is 3.09. The van der Waals surface area contributed by atoms with E-state index in [1.165, 1.54) is 15.8 Å². The average Bonchev–Trinajstić information content (AvgIpc) is 3.17. The number of rotatable bonds is 4. The summed E-state index contributed by atoms with van der Waals surface area (Å²) in [6.45, 7) is 3.88. The first-order chi connectivity index (χ1) is 13.6. The van der Waals surface area contributed by atoms with Crippen LogP contribution in [-0.4, -0.2) is 61.1 Å². The normalized spacial score (nSPS) is 14.7. The largest absolute Gasteiger partial charge is 0.367 e. The number of amides is 2. The number of carbonyl (C=O) groups is 1. The third-order valence-corrected chi connectivity index (χ3v) is 5.81. The predicted molar refractivity (Wildman–Crippen MR) is 116 cm³/mol. The molecule has 1 saturated heterocycles. The van der Waals surface area contributed by atoms with E-state index in [0.717, 1.165) is 30.9 Å². The molecule has 1 aliphatic heterocycles. The molecular formula is C21H25N5OS. The highest BCUT2D eigenvalue weighted by Gasteiger charge is 2.22. The zero-order valence-corrected chi connectivity index (χ0v) is 17.1. The second-order valence-corrected chi connectivity index (χ2v) is 8.28. The van der Waals surface area contributed by atoms with Gasteiger partial charge in [-0.25, -0.2) is 4.79 Å². The fourth-order valence-electron chi connectivity index (χ4n) is 3.61. The number of thiophene rings is 1. The summed E-state index contributed by atoms with van der Waals surface area (Å²) in [6.07, 6.45) is 3.53. The number of benzene rings is 1. The molecule has 0 atom stereocenters. The number of carbonyl (C=O) groups excluding carboxylic acids is 1. The summed E-state index contributed by atoms with van der Waals surface area (Å²) in [5, 5.41) is 6.43. The Kier molecular flexibility index (Phi) is 5.45. The third-order valence-electron chi connectivity index (χ3n) is 4.93. The van der Waals surface area contributed by atoms with Crippen molar-refractivity contribution in [1.82, 2.24) is 14.8 Å². The summed E-state index contributed by atoms with van der Waals surface area (Å²) >= 11 is 1.77. The molecule has 7 heteroatoms. The lowest BCUT2D eigenvalue weighted by Crippen LogP contribution is -2.50. The van der Waals surface area contributed by atoms with Crippen molar-refractivity contribution in [2.75, 3.05) is 50.5 Å². The molecule has 146 valence electrons. The maximum Gasteiger partial charge on any atom is 0.322 e. The highest BCUT2D eigenvalue weighted by atomic mass is 32.1. The second kappa shape index (κ2) is 8.16. The van der Waals surface area contributed by atoms with Gasteiger partial charge in [0.25, 0.3) is 0 Å². The Hall–Kier alpha value is -2.64. The Balaban J connectivity index is 1.37. The minimum Gasteiger partial charge on any atom is -0.367 e. The van der Waals surface area contributed by atoms with Crippen LogP contribution in [0.3, 0.4) is 0 Å². The van der Waals surface area contributed by atoms with Crippen LogP contribution >= 0.6 is 11.3 Å². The van der Waals surface area contributed by atoms with Gasteiger partial charge in [0.1, 0.15) is 0 Å². The molecule has 2 aromatic heterocycles. The lowest BCUT2D eigenvalue weighted by Gasteiger charge is -2.36. The van der Waals surface area contributed by atoms with Gasteiger partial charge >= 0.3 is 6.03 Å². The molecule has 0 spiro atoms. The fourth-order valence-corrected chi connectivity index (χ4v) is 4.42. The van der Waals surface area contributed by atoms with Crippen LogP contribution in [0, 0.1) is 0 Å². The Morgan fingerprint density at radius 3 is 2.79 bits per heavy atom.